The van der Waals surface area contributed by atoms with Crippen LogP contribution in [0.3, 0.4) is 0 Å². The third-order valence-corrected chi connectivity index (χ3v) is 7.01. The molecule has 29 heavy (non-hydrogen) atoms. The van der Waals surface area contributed by atoms with Gasteiger partial charge in [0.25, 0.3) is 0 Å². The molecule has 3 aromatic rings. The molecule has 3 aromatic carbocycles. The number of carboxylic acid groups (broad SMARTS) is 1. The second kappa shape index (κ2) is 11.0. The number of carboxylic acids is 1. The van der Waals surface area contributed by atoms with Crippen LogP contribution < -0.4 is 4.74 Å². The van der Waals surface area contributed by atoms with E-state index < -0.39 is 5.97 Å². The fourth-order valence-corrected chi connectivity index (χ4v) is 4.80. The number of ether oxygens (including phenoxy) is 1. The predicted molar refractivity (Wildman–Crippen MR) is 136 cm³/mol. The highest BCUT2D eigenvalue weighted by atomic mass is 127. The monoisotopic (exact) mass is 628 g/mol. The third-order valence-electron chi connectivity index (χ3n) is 4.03. The van der Waals surface area contributed by atoms with Crippen molar-refractivity contribution in [1.29, 1.82) is 0 Å². The molecule has 0 fully saturated rings. The fourth-order valence-electron chi connectivity index (χ4n) is 2.70. The summed E-state index contributed by atoms with van der Waals surface area (Å²) < 4.78 is 7.50. The molecule has 0 aliphatic rings. The van der Waals surface area contributed by atoms with Crippen LogP contribution in [0.1, 0.15) is 11.1 Å². The van der Waals surface area contributed by atoms with Gasteiger partial charge in [0.1, 0.15) is 5.75 Å². The zero-order chi connectivity index (χ0) is 20.6. The molecule has 0 saturated carbocycles. The zero-order valence-electron chi connectivity index (χ0n) is 15.3. The second-order valence-electron chi connectivity index (χ2n) is 6.08. The van der Waals surface area contributed by atoms with Crippen molar-refractivity contribution in [3.8, 4) is 5.75 Å². The molecule has 0 aliphatic carbocycles. The lowest BCUT2D eigenvalue weighted by atomic mass is 9.98. The number of benzene rings is 3. The van der Waals surface area contributed by atoms with Crippen molar-refractivity contribution in [1.82, 2.24) is 0 Å². The van der Waals surface area contributed by atoms with Crippen molar-refractivity contribution in [3.05, 3.63) is 97.1 Å². The van der Waals surface area contributed by atoms with Gasteiger partial charge in [0.2, 0.25) is 0 Å². The summed E-state index contributed by atoms with van der Waals surface area (Å²) in [5, 5.41) is 8.73. The Morgan fingerprint density at radius 1 is 0.966 bits per heavy atom. The molecular formula is C23H18I2O3S. The molecule has 148 valence electrons. The third kappa shape index (κ3) is 6.75. The van der Waals surface area contributed by atoms with E-state index in [0.717, 1.165) is 14.2 Å². The van der Waals surface area contributed by atoms with Gasteiger partial charge in [0.05, 0.1) is 0 Å². The standard InChI is InChI=1S/C23H18I2O3S/c24-18-8-6-17(7-9-18)20(16-4-2-1-3-5-16)12-13-29-22-11-10-19(14-21(22)25)28-15-23(26)27/h1-12,14H,13,15H2,(H,26,27). The highest BCUT2D eigenvalue weighted by molar-refractivity contribution is 14.1. The quantitative estimate of drug-likeness (QED) is 0.226. The number of hydrogen-bond donors (Lipinski definition) is 1. The van der Waals surface area contributed by atoms with Crippen LogP contribution >= 0.6 is 56.9 Å². The minimum atomic E-state index is -0.979. The maximum absolute atomic E-state index is 10.6. The van der Waals surface area contributed by atoms with Crippen LogP contribution in [0, 0.1) is 7.14 Å². The molecule has 0 aromatic heterocycles. The minimum absolute atomic E-state index is 0.332. The van der Waals surface area contributed by atoms with E-state index in [-0.39, 0.29) is 6.61 Å². The van der Waals surface area contributed by atoms with Gasteiger partial charge in [-0.3, -0.25) is 0 Å². The van der Waals surface area contributed by atoms with Gasteiger partial charge in [-0.1, -0.05) is 48.5 Å². The van der Waals surface area contributed by atoms with E-state index in [1.165, 1.54) is 20.3 Å². The average Bonchev–Trinajstić information content (AvgIpc) is 2.72. The average molecular weight is 628 g/mol. The molecule has 3 nitrogen and oxygen atoms in total. The summed E-state index contributed by atoms with van der Waals surface area (Å²) in [6, 6.07) is 24.6. The first-order chi connectivity index (χ1) is 14.0. The largest absolute Gasteiger partial charge is 0.482 e. The Bertz CT molecular complexity index is 1000. The second-order valence-corrected chi connectivity index (χ2v) is 9.55. The highest BCUT2D eigenvalue weighted by Crippen LogP contribution is 2.30. The van der Waals surface area contributed by atoms with Crippen LogP contribution in [0.4, 0.5) is 0 Å². The molecule has 0 bridgehead atoms. The van der Waals surface area contributed by atoms with Crippen LogP contribution in [-0.2, 0) is 4.79 Å². The van der Waals surface area contributed by atoms with Gasteiger partial charge in [0.15, 0.2) is 6.61 Å². The molecule has 6 heteroatoms. The van der Waals surface area contributed by atoms with Crippen molar-refractivity contribution in [2.45, 2.75) is 4.90 Å². The fraction of sp³-hybridized carbons (Fsp3) is 0.0870. The summed E-state index contributed by atoms with van der Waals surface area (Å²) in [6.07, 6.45) is 2.26. The minimum Gasteiger partial charge on any atom is -0.482 e. The molecular weight excluding hydrogens is 610 g/mol. The first-order valence-corrected chi connectivity index (χ1v) is 12.0. The van der Waals surface area contributed by atoms with E-state index in [4.69, 9.17) is 9.84 Å². The summed E-state index contributed by atoms with van der Waals surface area (Å²) in [4.78, 5) is 11.8. The summed E-state index contributed by atoms with van der Waals surface area (Å²) in [7, 11) is 0. The molecule has 1 N–H and O–H groups in total. The topological polar surface area (TPSA) is 46.5 Å². The van der Waals surface area contributed by atoms with E-state index >= 15 is 0 Å². The summed E-state index contributed by atoms with van der Waals surface area (Å²) in [5.41, 5.74) is 3.61. The van der Waals surface area contributed by atoms with Crippen LogP contribution in [0.25, 0.3) is 5.57 Å². The normalized spacial score (nSPS) is 11.3. The van der Waals surface area contributed by atoms with E-state index in [0.29, 0.717) is 5.75 Å². The number of hydrogen-bond acceptors (Lipinski definition) is 3. The van der Waals surface area contributed by atoms with Crippen LogP contribution in [0.2, 0.25) is 0 Å². The zero-order valence-corrected chi connectivity index (χ0v) is 20.5. The predicted octanol–water partition coefficient (Wildman–Crippen LogP) is 6.58. The maximum Gasteiger partial charge on any atom is 0.341 e. The molecule has 0 saturated heterocycles. The first kappa shape index (κ1) is 22.2. The summed E-state index contributed by atoms with van der Waals surface area (Å²) >= 11 is 6.32. The van der Waals surface area contributed by atoms with Crippen molar-refractivity contribution in [2.75, 3.05) is 12.4 Å². The maximum atomic E-state index is 10.6. The van der Waals surface area contributed by atoms with Crippen molar-refractivity contribution >= 4 is 68.5 Å². The lowest BCUT2D eigenvalue weighted by molar-refractivity contribution is -0.139. The Labute approximate surface area is 201 Å². The molecule has 0 heterocycles. The van der Waals surface area contributed by atoms with Gasteiger partial charge in [-0.05, 0) is 92.2 Å². The Balaban J connectivity index is 1.76. The van der Waals surface area contributed by atoms with E-state index in [9.17, 15) is 4.79 Å². The highest BCUT2D eigenvalue weighted by Gasteiger charge is 2.07. The SMILES string of the molecule is O=C(O)COc1ccc(SCC=C(c2ccccc2)c2ccc(I)cc2)c(I)c1. The van der Waals surface area contributed by atoms with E-state index in [1.807, 2.05) is 24.3 Å². The Hall–Kier alpha value is -1.52. The summed E-state index contributed by atoms with van der Waals surface area (Å²) in [6.45, 7) is -0.332. The molecule has 0 amide bonds. The molecule has 0 unspecified atom stereocenters. The Morgan fingerprint density at radius 2 is 1.66 bits per heavy atom. The molecule has 0 radical (unpaired) electrons. The number of halogens is 2. The lowest BCUT2D eigenvalue weighted by Crippen LogP contribution is -2.09. The summed E-state index contributed by atoms with van der Waals surface area (Å²) in [5.74, 6) is 0.412. The van der Waals surface area contributed by atoms with Crippen LogP contribution in [0.15, 0.2) is 83.8 Å². The van der Waals surface area contributed by atoms with E-state index in [1.54, 1.807) is 11.8 Å². The van der Waals surface area contributed by atoms with Gasteiger partial charge >= 0.3 is 5.97 Å². The number of aliphatic carboxylic acids is 1. The van der Waals surface area contributed by atoms with E-state index in [2.05, 4.69) is 99.8 Å². The number of carbonyl (C=O) groups is 1. The van der Waals surface area contributed by atoms with Gasteiger partial charge in [0, 0.05) is 17.8 Å². The van der Waals surface area contributed by atoms with Crippen molar-refractivity contribution in [3.63, 3.8) is 0 Å². The molecule has 0 aliphatic heterocycles. The smallest absolute Gasteiger partial charge is 0.341 e. The van der Waals surface area contributed by atoms with Gasteiger partial charge in [-0.25, -0.2) is 4.79 Å². The van der Waals surface area contributed by atoms with Gasteiger partial charge in [-0.15, -0.1) is 11.8 Å². The molecule has 3 rings (SSSR count). The van der Waals surface area contributed by atoms with Gasteiger partial charge in [-0.2, -0.15) is 0 Å². The van der Waals surface area contributed by atoms with Crippen LogP contribution in [-0.4, -0.2) is 23.4 Å². The Kier molecular flexibility index (Phi) is 8.43. The first-order valence-electron chi connectivity index (χ1n) is 8.81. The van der Waals surface area contributed by atoms with Crippen molar-refractivity contribution < 1.29 is 14.6 Å². The number of rotatable bonds is 8. The lowest BCUT2D eigenvalue weighted by Gasteiger charge is -2.10. The Morgan fingerprint density at radius 3 is 2.31 bits per heavy atom. The van der Waals surface area contributed by atoms with Gasteiger partial charge < -0.3 is 9.84 Å². The molecule has 0 spiro atoms. The van der Waals surface area contributed by atoms with Crippen molar-refractivity contribution in [2.24, 2.45) is 0 Å². The molecule has 0 atom stereocenters. The number of thioether (sulfide) groups is 1. The van der Waals surface area contributed by atoms with Crippen LogP contribution in [0.5, 0.6) is 5.75 Å².